The second-order valence-electron chi connectivity index (χ2n) is 3.72. The highest BCUT2D eigenvalue weighted by Crippen LogP contribution is 2.45. The Morgan fingerprint density at radius 2 is 2.12 bits per heavy atom. The van der Waals surface area contributed by atoms with Crippen LogP contribution in [0.2, 0.25) is 5.02 Å². The highest BCUT2D eigenvalue weighted by atomic mass is 35.5. The van der Waals surface area contributed by atoms with E-state index in [9.17, 15) is 4.79 Å². The van der Waals surface area contributed by atoms with Crippen molar-refractivity contribution in [2.75, 3.05) is 5.75 Å². The molecule has 1 aliphatic heterocycles. The second kappa shape index (κ2) is 5.98. The number of carbonyl (C=O) groups excluding carboxylic acids is 1. The second-order valence-corrected chi connectivity index (χ2v) is 6.97. The molecule has 0 spiro atoms. The first-order valence-electron chi connectivity index (χ1n) is 5.48. The molecule has 0 aliphatic carbocycles. The first-order chi connectivity index (χ1) is 8.19. The Bertz CT molecular complexity index is 439. The Labute approximate surface area is 115 Å². The number of carbonyl (C=O) groups is 1. The van der Waals surface area contributed by atoms with Crippen LogP contribution in [-0.4, -0.2) is 11.5 Å². The fourth-order valence-electron chi connectivity index (χ4n) is 1.67. The van der Waals surface area contributed by atoms with Gasteiger partial charge in [0.1, 0.15) is 0 Å². The maximum absolute atomic E-state index is 11.7. The molecule has 1 aliphatic rings. The molecule has 0 unspecified atom stereocenters. The van der Waals surface area contributed by atoms with Gasteiger partial charge in [-0.25, -0.2) is 0 Å². The average Bonchev–Trinajstić information content (AvgIpc) is 2.29. The molecule has 2 rings (SSSR count). The summed E-state index contributed by atoms with van der Waals surface area (Å²) in [5.74, 6) is 1.22. The summed E-state index contributed by atoms with van der Waals surface area (Å²) in [5.41, 5.74) is 1.18. The molecule has 0 bridgehead atoms. The van der Waals surface area contributed by atoms with E-state index in [0.717, 1.165) is 15.0 Å². The van der Waals surface area contributed by atoms with Crippen LogP contribution >= 0.6 is 35.1 Å². The number of rotatable bonds is 3. The highest BCUT2D eigenvalue weighted by molar-refractivity contribution is 8.22. The molecule has 1 aromatic rings. The summed E-state index contributed by atoms with van der Waals surface area (Å²) < 4.78 is 1.13. The standard InChI is InChI=1S/C13H13ClOS2/c1-2-16-13-8-11(15)7-12(17-13)9-3-5-10(14)6-4-9/h3-6,8,12H,2,7H2,1H3/t12-/m1/s1. The van der Waals surface area contributed by atoms with Crippen molar-refractivity contribution in [3.8, 4) is 0 Å². The first kappa shape index (κ1) is 13.1. The number of hydrogen-bond acceptors (Lipinski definition) is 3. The molecule has 0 aromatic heterocycles. The fourth-order valence-corrected chi connectivity index (χ4v) is 4.29. The molecule has 4 heteroatoms. The summed E-state index contributed by atoms with van der Waals surface area (Å²) in [6, 6.07) is 7.78. The van der Waals surface area contributed by atoms with E-state index >= 15 is 0 Å². The van der Waals surface area contributed by atoms with Crippen LogP contribution in [0.15, 0.2) is 34.6 Å². The van der Waals surface area contributed by atoms with Crippen LogP contribution < -0.4 is 0 Å². The van der Waals surface area contributed by atoms with Crippen molar-refractivity contribution in [1.82, 2.24) is 0 Å². The topological polar surface area (TPSA) is 17.1 Å². The van der Waals surface area contributed by atoms with Gasteiger partial charge in [-0.1, -0.05) is 30.7 Å². The van der Waals surface area contributed by atoms with Crippen LogP contribution in [0.5, 0.6) is 0 Å². The zero-order chi connectivity index (χ0) is 12.3. The normalized spacial score (nSPS) is 20.2. The predicted molar refractivity (Wildman–Crippen MR) is 77.6 cm³/mol. The number of ketones is 1. The molecule has 1 atom stereocenters. The summed E-state index contributed by atoms with van der Waals surface area (Å²) in [6.07, 6.45) is 2.35. The third-order valence-corrected chi connectivity index (χ3v) is 5.11. The molecule has 0 saturated heterocycles. The van der Waals surface area contributed by atoms with E-state index in [4.69, 9.17) is 11.6 Å². The number of benzene rings is 1. The summed E-state index contributed by atoms with van der Waals surface area (Å²) in [6.45, 7) is 2.10. The van der Waals surface area contributed by atoms with E-state index in [2.05, 4.69) is 6.92 Å². The van der Waals surface area contributed by atoms with Crippen molar-refractivity contribution < 1.29 is 4.79 Å². The molecule has 0 saturated carbocycles. The van der Waals surface area contributed by atoms with Crippen LogP contribution in [0.3, 0.4) is 0 Å². The number of thioether (sulfide) groups is 2. The van der Waals surface area contributed by atoms with Crippen molar-refractivity contribution in [3.63, 3.8) is 0 Å². The zero-order valence-corrected chi connectivity index (χ0v) is 11.9. The van der Waals surface area contributed by atoms with Crippen LogP contribution in [0, 0.1) is 0 Å². The molecule has 1 nitrogen and oxygen atoms in total. The van der Waals surface area contributed by atoms with Gasteiger partial charge in [-0.05, 0) is 23.4 Å². The lowest BCUT2D eigenvalue weighted by Gasteiger charge is -2.21. The Morgan fingerprint density at radius 3 is 2.76 bits per heavy atom. The minimum absolute atomic E-state index is 0.222. The van der Waals surface area contributed by atoms with E-state index in [1.54, 1.807) is 29.6 Å². The Kier molecular flexibility index (Phi) is 4.60. The van der Waals surface area contributed by atoms with Crippen LogP contribution in [0.1, 0.15) is 24.2 Å². The molecule has 17 heavy (non-hydrogen) atoms. The molecule has 0 N–H and O–H groups in total. The van der Waals surface area contributed by atoms with E-state index in [-0.39, 0.29) is 11.0 Å². The maximum Gasteiger partial charge on any atom is 0.158 e. The molecule has 0 fully saturated rings. The van der Waals surface area contributed by atoms with E-state index < -0.39 is 0 Å². The van der Waals surface area contributed by atoms with Crippen molar-refractivity contribution in [2.24, 2.45) is 0 Å². The summed E-state index contributed by atoms with van der Waals surface area (Å²) in [7, 11) is 0. The number of hydrogen-bond donors (Lipinski definition) is 0. The Hall–Kier alpha value is -0.380. The molecule has 1 heterocycles. The minimum atomic E-state index is 0.222. The van der Waals surface area contributed by atoms with E-state index in [1.165, 1.54) is 5.56 Å². The van der Waals surface area contributed by atoms with Gasteiger partial charge in [0.2, 0.25) is 0 Å². The van der Waals surface area contributed by atoms with Gasteiger partial charge in [-0.3, -0.25) is 4.79 Å². The molecule has 0 amide bonds. The third-order valence-electron chi connectivity index (χ3n) is 2.45. The highest BCUT2D eigenvalue weighted by Gasteiger charge is 2.22. The summed E-state index contributed by atoms with van der Waals surface area (Å²) in [5, 5.41) is 0.971. The predicted octanol–water partition coefficient (Wildman–Crippen LogP) is 4.68. The van der Waals surface area contributed by atoms with Crippen LogP contribution in [0.25, 0.3) is 0 Å². The number of halogens is 1. The van der Waals surface area contributed by atoms with Crippen molar-refractivity contribution >= 4 is 40.9 Å². The first-order valence-corrected chi connectivity index (χ1v) is 7.73. The smallest absolute Gasteiger partial charge is 0.158 e. The largest absolute Gasteiger partial charge is 0.295 e. The van der Waals surface area contributed by atoms with Crippen LogP contribution in [-0.2, 0) is 4.79 Å². The Morgan fingerprint density at radius 1 is 1.41 bits per heavy atom. The lowest BCUT2D eigenvalue weighted by molar-refractivity contribution is -0.114. The molecule has 1 aromatic carbocycles. The SMILES string of the molecule is CCSC1=CC(=O)C[C@H](c2ccc(Cl)cc2)S1. The molecule has 0 radical (unpaired) electrons. The van der Waals surface area contributed by atoms with Gasteiger partial charge >= 0.3 is 0 Å². The number of allylic oxidation sites excluding steroid dienone is 1. The monoisotopic (exact) mass is 284 g/mol. The van der Waals surface area contributed by atoms with Gasteiger partial charge in [-0.15, -0.1) is 23.5 Å². The Balaban J connectivity index is 2.15. The van der Waals surface area contributed by atoms with E-state index in [1.807, 2.05) is 24.3 Å². The van der Waals surface area contributed by atoms with Crippen LogP contribution in [0.4, 0.5) is 0 Å². The van der Waals surface area contributed by atoms with Gasteiger partial charge < -0.3 is 0 Å². The van der Waals surface area contributed by atoms with Crippen molar-refractivity contribution in [2.45, 2.75) is 18.6 Å². The van der Waals surface area contributed by atoms with Gasteiger partial charge in [-0.2, -0.15) is 0 Å². The zero-order valence-electron chi connectivity index (χ0n) is 9.48. The molecule has 90 valence electrons. The summed E-state index contributed by atoms with van der Waals surface area (Å²) in [4.78, 5) is 11.7. The minimum Gasteiger partial charge on any atom is -0.295 e. The lowest BCUT2D eigenvalue weighted by Crippen LogP contribution is -2.07. The molecular formula is C13H13ClOS2. The summed E-state index contributed by atoms with van der Waals surface area (Å²) >= 11 is 9.38. The lowest BCUT2D eigenvalue weighted by atomic mass is 10.1. The van der Waals surface area contributed by atoms with Crippen molar-refractivity contribution in [3.05, 3.63) is 45.2 Å². The van der Waals surface area contributed by atoms with Gasteiger partial charge in [0.25, 0.3) is 0 Å². The van der Waals surface area contributed by atoms with Gasteiger partial charge in [0.05, 0.1) is 0 Å². The fraction of sp³-hybridized carbons (Fsp3) is 0.308. The average molecular weight is 285 g/mol. The van der Waals surface area contributed by atoms with E-state index in [0.29, 0.717) is 6.42 Å². The third kappa shape index (κ3) is 3.54. The van der Waals surface area contributed by atoms with Crippen molar-refractivity contribution in [1.29, 1.82) is 0 Å². The van der Waals surface area contributed by atoms with Gasteiger partial charge in [0.15, 0.2) is 5.78 Å². The van der Waals surface area contributed by atoms with Gasteiger partial charge in [0, 0.05) is 27.0 Å². The maximum atomic E-state index is 11.7. The quantitative estimate of drug-likeness (QED) is 0.802. The molecular weight excluding hydrogens is 272 g/mol.